The van der Waals surface area contributed by atoms with Crippen LogP contribution in [0.15, 0.2) is 163 Å². The lowest BCUT2D eigenvalue weighted by molar-refractivity contribution is 0.605. The van der Waals surface area contributed by atoms with E-state index in [-0.39, 0.29) is 16.2 Å². The summed E-state index contributed by atoms with van der Waals surface area (Å²) < 4.78 is 0. The van der Waals surface area contributed by atoms with Gasteiger partial charge in [0.1, 0.15) is 0 Å². The van der Waals surface area contributed by atoms with Crippen LogP contribution in [0, 0.1) is 5.41 Å². The maximum Gasteiger partial charge on any atom is 0.0356 e. The van der Waals surface area contributed by atoms with E-state index < -0.39 is 0 Å². The lowest BCUT2D eigenvalue weighted by atomic mass is 9.64. The molecule has 4 aliphatic rings. The first-order valence-electron chi connectivity index (χ1n) is 17.3. The van der Waals surface area contributed by atoms with Crippen molar-refractivity contribution < 1.29 is 0 Å². The molecule has 1 saturated carbocycles. The molecule has 0 nitrogen and oxygen atoms in total. The van der Waals surface area contributed by atoms with Crippen molar-refractivity contribution in [1.82, 2.24) is 0 Å². The number of benzene rings is 7. The monoisotopic (exact) mass is 610 g/mol. The molecule has 0 N–H and O–H groups in total. The molecule has 0 radical (unpaired) electrons. The Labute approximate surface area is 281 Å². The van der Waals surface area contributed by atoms with Crippen molar-refractivity contribution in [3.05, 3.63) is 197 Å². The van der Waals surface area contributed by atoms with E-state index in [1.54, 1.807) is 0 Å². The van der Waals surface area contributed by atoms with Crippen LogP contribution in [0.25, 0.3) is 49.0 Å². The summed E-state index contributed by atoms with van der Waals surface area (Å²) in [4.78, 5) is 0. The molecule has 0 heteroatoms. The van der Waals surface area contributed by atoms with E-state index in [0.717, 1.165) is 6.42 Å². The summed E-state index contributed by atoms with van der Waals surface area (Å²) in [7, 11) is 0. The molecular weight excluding hydrogens is 577 g/mol. The number of allylic oxidation sites excluding steroid dienone is 5. The quantitative estimate of drug-likeness (QED) is 0.171. The average Bonchev–Trinajstić information content (AvgIpc) is 3.75. The van der Waals surface area contributed by atoms with Crippen LogP contribution in [0.3, 0.4) is 0 Å². The van der Waals surface area contributed by atoms with Crippen LogP contribution in [0.4, 0.5) is 0 Å². The van der Waals surface area contributed by atoms with Gasteiger partial charge >= 0.3 is 0 Å². The van der Waals surface area contributed by atoms with E-state index in [2.05, 4.69) is 172 Å². The van der Waals surface area contributed by atoms with Crippen LogP contribution in [-0.2, 0) is 10.8 Å². The summed E-state index contributed by atoms with van der Waals surface area (Å²) in [5.41, 5.74) is 13.9. The number of hydrogen-bond donors (Lipinski definition) is 0. The van der Waals surface area contributed by atoms with Crippen LogP contribution < -0.4 is 0 Å². The van der Waals surface area contributed by atoms with E-state index >= 15 is 0 Å². The lowest BCUT2D eigenvalue weighted by Gasteiger charge is -2.38. The minimum absolute atomic E-state index is 0.111. The molecule has 226 valence electrons. The zero-order valence-corrected chi connectivity index (χ0v) is 27.2. The summed E-state index contributed by atoms with van der Waals surface area (Å²) in [5, 5.41) is 7.95. The fourth-order valence-corrected chi connectivity index (χ4v) is 10.5. The molecule has 4 aliphatic carbocycles. The molecule has 2 atom stereocenters. The lowest BCUT2D eigenvalue weighted by Crippen LogP contribution is -2.30. The number of hydrogen-bond acceptors (Lipinski definition) is 0. The van der Waals surface area contributed by atoms with Gasteiger partial charge in [0.05, 0.1) is 0 Å². The first-order valence-corrected chi connectivity index (χ1v) is 17.3. The molecule has 1 spiro atoms. The molecular formula is C48H34. The van der Waals surface area contributed by atoms with Crippen molar-refractivity contribution in [2.75, 3.05) is 0 Å². The molecule has 0 bridgehead atoms. The highest BCUT2D eigenvalue weighted by atomic mass is 14.7. The Kier molecular flexibility index (Phi) is 4.94. The van der Waals surface area contributed by atoms with Gasteiger partial charge in [-0.2, -0.15) is 0 Å². The maximum atomic E-state index is 2.55. The zero-order valence-electron chi connectivity index (χ0n) is 27.2. The Hall–Kier alpha value is -5.46. The van der Waals surface area contributed by atoms with E-state index in [1.807, 2.05) is 0 Å². The molecule has 0 saturated heterocycles. The Balaban J connectivity index is 1.22. The van der Waals surface area contributed by atoms with Crippen molar-refractivity contribution in [3.8, 4) is 11.1 Å². The third kappa shape index (κ3) is 3.03. The highest BCUT2D eigenvalue weighted by molar-refractivity contribution is 6.14. The summed E-state index contributed by atoms with van der Waals surface area (Å²) in [6, 6.07) is 50.5. The van der Waals surface area contributed by atoms with Crippen LogP contribution >= 0.6 is 0 Å². The standard InChI is InChI=1S/C48H34/c1-46(2)44-33-17-6-3-14-30(33)25-26-37(44)36-21-13-24-42(45(36)46)48-29-47(48)27-12-11-23-41(47)43(38-20-9-10-22-40(38)48)39-28-31-15-4-5-16-32(31)34-18-7-8-19-35(34)39/h3-28H,29H2,1-2H3. The molecule has 2 unspecified atom stereocenters. The normalized spacial score (nSPS) is 22.4. The minimum Gasteiger partial charge on any atom is -0.0727 e. The van der Waals surface area contributed by atoms with Gasteiger partial charge in [-0.15, -0.1) is 0 Å². The Morgan fingerprint density at radius 1 is 0.479 bits per heavy atom. The number of fused-ring (bicyclic) bond motifs is 10. The second kappa shape index (κ2) is 8.91. The molecule has 0 aliphatic heterocycles. The molecule has 11 rings (SSSR count). The van der Waals surface area contributed by atoms with Crippen molar-refractivity contribution in [2.24, 2.45) is 5.41 Å². The second-order valence-electron chi connectivity index (χ2n) is 14.9. The predicted molar refractivity (Wildman–Crippen MR) is 202 cm³/mol. The molecule has 0 heterocycles. The first kappa shape index (κ1) is 26.6. The van der Waals surface area contributed by atoms with Crippen LogP contribution in [0.2, 0.25) is 0 Å². The molecule has 1 fully saturated rings. The van der Waals surface area contributed by atoms with Crippen molar-refractivity contribution in [3.63, 3.8) is 0 Å². The van der Waals surface area contributed by atoms with Gasteiger partial charge in [-0.25, -0.2) is 0 Å². The van der Waals surface area contributed by atoms with Crippen LogP contribution in [0.5, 0.6) is 0 Å². The smallest absolute Gasteiger partial charge is 0.0356 e. The predicted octanol–water partition coefficient (Wildman–Crippen LogP) is 12.1. The third-order valence-electron chi connectivity index (χ3n) is 12.4. The number of rotatable bonds is 2. The van der Waals surface area contributed by atoms with Crippen LogP contribution in [0.1, 0.15) is 53.6 Å². The SMILES string of the molecule is CC1(C)c2c(cccc2C23CC24C=CC=CC4=C(c2cc4ccccc4c4ccccc24)c2ccccc23)-c2ccc3ccccc3c21. The minimum atomic E-state index is -0.142. The van der Waals surface area contributed by atoms with Crippen molar-refractivity contribution >= 4 is 37.9 Å². The van der Waals surface area contributed by atoms with E-state index in [0.29, 0.717) is 0 Å². The molecule has 48 heavy (non-hydrogen) atoms. The Morgan fingerprint density at radius 2 is 1.15 bits per heavy atom. The molecule has 7 aromatic rings. The molecule has 0 aromatic heterocycles. The van der Waals surface area contributed by atoms with Gasteiger partial charge < -0.3 is 0 Å². The summed E-state index contributed by atoms with van der Waals surface area (Å²) in [5.74, 6) is 0. The highest BCUT2D eigenvalue weighted by Crippen LogP contribution is 2.78. The summed E-state index contributed by atoms with van der Waals surface area (Å²) in [6.45, 7) is 4.93. The maximum absolute atomic E-state index is 2.55. The van der Waals surface area contributed by atoms with Crippen molar-refractivity contribution in [2.45, 2.75) is 31.1 Å². The van der Waals surface area contributed by atoms with Crippen LogP contribution in [-0.4, -0.2) is 0 Å². The van der Waals surface area contributed by atoms with E-state index in [1.165, 1.54) is 88.0 Å². The first-order chi connectivity index (χ1) is 23.5. The average molecular weight is 611 g/mol. The second-order valence-corrected chi connectivity index (χ2v) is 14.9. The molecule has 0 amide bonds. The Morgan fingerprint density at radius 3 is 2.02 bits per heavy atom. The topological polar surface area (TPSA) is 0 Å². The summed E-state index contributed by atoms with van der Waals surface area (Å²) in [6.07, 6.45) is 10.6. The third-order valence-corrected chi connectivity index (χ3v) is 12.4. The van der Waals surface area contributed by atoms with Gasteiger partial charge in [0.15, 0.2) is 0 Å². The Bertz CT molecular complexity index is 2680. The van der Waals surface area contributed by atoms with E-state index in [9.17, 15) is 0 Å². The fraction of sp³-hybridized carbons (Fsp3) is 0.125. The summed E-state index contributed by atoms with van der Waals surface area (Å²) >= 11 is 0. The largest absolute Gasteiger partial charge is 0.0727 e. The van der Waals surface area contributed by atoms with E-state index in [4.69, 9.17) is 0 Å². The van der Waals surface area contributed by atoms with Gasteiger partial charge in [0, 0.05) is 16.2 Å². The van der Waals surface area contributed by atoms with Crippen molar-refractivity contribution in [1.29, 1.82) is 0 Å². The van der Waals surface area contributed by atoms with Gasteiger partial charge in [0.2, 0.25) is 0 Å². The molecule has 7 aromatic carbocycles. The van der Waals surface area contributed by atoms with Gasteiger partial charge in [-0.05, 0) is 100 Å². The fourth-order valence-electron chi connectivity index (χ4n) is 10.5. The van der Waals surface area contributed by atoms with Gasteiger partial charge in [-0.3, -0.25) is 0 Å². The highest BCUT2D eigenvalue weighted by Gasteiger charge is 2.72. The van der Waals surface area contributed by atoms with Gasteiger partial charge in [-0.1, -0.05) is 166 Å². The van der Waals surface area contributed by atoms with Gasteiger partial charge in [0.25, 0.3) is 0 Å². The zero-order chi connectivity index (χ0) is 31.8.